The quantitative estimate of drug-likeness (QED) is 0.0197. The number of ether oxygens (including phenoxy) is 2. The SMILES string of the molecule is CCCC/C=C/CCCCCCCCCCCC(=O)O[C@H](COC(=O)CCC/C=C/C/C=C/CCCCCCCCCCC)COP(=O)([O-])OCC[N+](C)(C)C. The highest BCUT2D eigenvalue weighted by atomic mass is 31.2. The van der Waals surface area contributed by atoms with Crippen LogP contribution in [0, 0.1) is 0 Å². The van der Waals surface area contributed by atoms with E-state index in [4.69, 9.17) is 18.5 Å². The van der Waals surface area contributed by atoms with Crippen LogP contribution < -0.4 is 4.89 Å². The average Bonchev–Trinajstić information content (AvgIpc) is 3.15. The summed E-state index contributed by atoms with van der Waals surface area (Å²) < 4.78 is 33.9. The second-order valence-corrected chi connectivity index (χ2v) is 17.8. The van der Waals surface area contributed by atoms with Gasteiger partial charge >= 0.3 is 11.9 Å². The van der Waals surface area contributed by atoms with Gasteiger partial charge in [-0.3, -0.25) is 14.2 Å². The van der Waals surface area contributed by atoms with Gasteiger partial charge in [0.05, 0.1) is 27.7 Å². The highest BCUT2D eigenvalue weighted by Gasteiger charge is 2.21. The second-order valence-electron chi connectivity index (χ2n) is 16.4. The van der Waals surface area contributed by atoms with Crippen molar-refractivity contribution >= 4 is 19.8 Å². The predicted octanol–water partition coefficient (Wildman–Crippen LogP) is 12.3. The minimum Gasteiger partial charge on any atom is -0.756 e. The topological polar surface area (TPSA) is 111 Å². The summed E-state index contributed by atoms with van der Waals surface area (Å²) in [5.41, 5.74) is 0. The molecular formula is C46H86NO8P. The van der Waals surface area contributed by atoms with E-state index in [0.29, 0.717) is 23.9 Å². The van der Waals surface area contributed by atoms with Gasteiger partial charge in [0, 0.05) is 12.8 Å². The lowest BCUT2D eigenvalue weighted by Crippen LogP contribution is -2.37. The van der Waals surface area contributed by atoms with Crippen molar-refractivity contribution in [3.8, 4) is 0 Å². The summed E-state index contributed by atoms with van der Waals surface area (Å²) in [6.07, 6.45) is 43.2. The molecular weight excluding hydrogens is 725 g/mol. The number of allylic oxidation sites excluding steroid dienone is 6. The lowest BCUT2D eigenvalue weighted by molar-refractivity contribution is -0.870. The van der Waals surface area contributed by atoms with Crippen molar-refractivity contribution < 1.29 is 42.1 Å². The Morgan fingerprint density at radius 2 is 1.00 bits per heavy atom. The Morgan fingerprint density at radius 3 is 1.54 bits per heavy atom. The number of unbranched alkanes of at least 4 members (excludes halogenated alkanes) is 21. The number of likely N-dealkylation sites (N-methyl/N-ethyl adjacent to an activating group) is 1. The fourth-order valence-electron chi connectivity index (χ4n) is 6.03. The van der Waals surface area contributed by atoms with Crippen LogP contribution in [-0.2, 0) is 32.7 Å². The molecule has 0 aliphatic heterocycles. The molecule has 0 spiro atoms. The van der Waals surface area contributed by atoms with Gasteiger partial charge in [0.25, 0.3) is 7.82 Å². The van der Waals surface area contributed by atoms with Crippen molar-refractivity contribution in [2.45, 2.75) is 200 Å². The summed E-state index contributed by atoms with van der Waals surface area (Å²) >= 11 is 0. The molecule has 0 aliphatic carbocycles. The molecule has 56 heavy (non-hydrogen) atoms. The lowest BCUT2D eigenvalue weighted by atomic mass is 10.1. The normalized spacial score (nSPS) is 13.9. The summed E-state index contributed by atoms with van der Waals surface area (Å²) in [5.74, 6) is -0.888. The average molecular weight is 812 g/mol. The maximum absolute atomic E-state index is 12.7. The van der Waals surface area contributed by atoms with Gasteiger partial charge in [0.2, 0.25) is 0 Å². The molecule has 0 N–H and O–H groups in total. The number of quaternary nitrogens is 1. The fourth-order valence-corrected chi connectivity index (χ4v) is 6.76. The van der Waals surface area contributed by atoms with Gasteiger partial charge in [-0.2, -0.15) is 0 Å². The molecule has 0 rings (SSSR count). The summed E-state index contributed by atoms with van der Waals surface area (Å²) in [4.78, 5) is 37.5. The third-order valence-electron chi connectivity index (χ3n) is 9.63. The maximum atomic E-state index is 12.7. The van der Waals surface area contributed by atoms with Gasteiger partial charge in [-0.05, 0) is 57.8 Å². The summed E-state index contributed by atoms with van der Waals surface area (Å²) in [7, 11) is 1.14. The lowest BCUT2D eigenvalue weighted by Gasteiger charge is -2.28. The predicted molar refractivity (Wildman–Crippen MR) is 231 cm³/mol. The van der Waals surface area contributed by atoms with Crippen molar-refractivity contribution in [2.24, 2.45) is 0 Å². The van der Waals surface area contributed by atoms with E-state index >= 15 is 0 Å². The van der Waals surface area contributed by atoms with Gasteiger partial charge in [-0.15, -0.1) is 0 Å². The first kappa shape index (κ1) is 54.2. The molecule has 9 nitrogen and oxygen atoms in total. The van der Waals surface area contributed by atoms with Crippen LogP contribution >= 0.6 is 7.82 Å². The molecule has 328 valence electrons. The fraction of sp³-hybridized carbons (Fsp3) is 0.826. The monoisotopic (exact) mass is 812 g/mol. The van der Waals surface area contributed by atoms with E-state index in [1.807, 2.05) is 21.1 Å². The van der Waals surface area contributed by atoms with E-state index in [1.165, 1.54) is 116 Å². The van der Waals surface area contributed by atoms with Gasteiger partial charge in [-0.1, -0.05) is 159 Å². The molecule has 0 fully saturated rings. The van der Waals surface area contributed by atoms with E-state index in [0.717, 1.165) is 38.5 Å². The Morgan fingerprint density at radius 1 is 0.554 bits per heavy atom. The molecule has 0 aromatic rings. The highest BCUT2D eigenvalue weighted by molar-refractivity contribution is 7.45. The van der Waals surface area contributed by atoms with E-state index < -0.39 is 32.5 Å². The van der Waals surface area contributed by atoms with Crippen LogP contribution in [0.3, 0.4) is 0 Å². The van der Waals surface area contributed by atoms with Crippen molar-refractivity contribution in [1.82, 2.24) is 0 Å². The minimum atomic E-state index is -4.63. The number of hydrogen-bond donors (Lipinski definition) is 0. The molecule has 0 aromatic heterocycles. The van der Waals surface area contributed by atoms with Gasteiger partial charge in [0.15, 0.2) is 6.10 Å². The molecule has 0 saturated carbocycles. The Balaban J connectivity index is 4.39. The standard InChI is InChI=1S/C46H86NO8P/c1-6-8-10-12-14-16-18-20-22-23-25-26-28-30-32-34-36-38-45(48)52-42-44(43-54-56(50,51)53-41-40-47(3,4)5)55-46(49)39-37-35-33-31-29-27-24-21-19-17-15-13-11-9-7-2/h13,15,25-26,30,32,44H,6-12,14,16-24,27-29,31,33-43H2,1-5H3/b15-13+,26-25+,32-30+/t44-/m1/s1. The van der Waals surface area contributed by atoms with Gasteiger partial charge in [-0.25, -0.2) is 0 Å². The molecule has 0 amide bonds. The van der Waals surface area contributed by atoms with E-state index in [2.05, 4.69) is 50.3 Å². The van der Waals surface area contributed by atoms with Gasteiger partial charge in [0.1, 0.15) is 19.8 Å². The molecule has 10 heteroatoms. The van der Waals surface area contributed by atoms with Crippen LogP contribution in [-0.4, -0.2) is 70.0 Å². The van der Waals surface area contributed by atoms with Crippen LogP contribution in [0.4, 0.5) is 0 Å². The molecule has 0 heterocycles. The largest absolute Gasteiger partial charge is 0.756 e. The number of carbonyl (C=O) groups is 2. The minimum absolute atomic E-state index is 0.0371. The zero-order chi connectivity index (χ0) is 41.4. The second kappa shape index (κ2) is 38.7. The third-order valence-corrected chi connectivity index (χ3v) is 10.6. The summed E-state index contributed by atoms with van der Waals surface area (Å²) in [6.45, 7) is 4.15. The molecule has 1 unspecified atom stereocenters. The number of rotatable bonds is 41. The van der Waals surface area contributed by atoms with Gasteiger partial charge < -0.3 is 27.9 Å². The number of hydrogen-bond acceptors (Lipinski definition) is 8. The first-order valence-electron chi connectivity index (χ1n) is 22.7. The molecule has 0 saturated heterocycles. The first-order valence-corrected chi connectivity index (χ1v) is 24.2. The molecule has 0 radical (unpaired) electrons. The first-order chi connectivity index (χ1) is 27.0. The zero-order valence-electron chi connectivity index (χ0n) is 36.8. The van der Waals surface area contributed by atoms with Crippen molar-refractivity contribution in [3.05, 3.63) is 36.5 Å². The molecule has 0 aromatic carbocycles. The summed E-state index contributed by atoms with van der Waals surface area (Å²) in [6, 6.07) is 0. The zero-order valence-corrected chi connectivity index (χ0v) is 37.7. The van der Waals surface area contributed by atoms with Crippen LogP contribution in [0.15, 0.2) is 36.5 Å². The Hall–Kier alpha value is -1.77. The summed E-state index contributed by atoms with van der Waals surface area (Å²) in [5, 5.41) is 0. The van der Waals surface area contributed by atoms with E-state index in [-0.39, 0.29) is 26.1 Å². The maximum Gasteiger partial charge on any atom is 0.306 e. The molecule has 2 atom stereocenters. The van der Waals surface area contributed by atoms with Crippen molar-refractivity contribution in [2.75, 3.05) is 47.5 Å². The third kappa shape index (κ3) is 41.9. The number of phosphoric acid groups is 1. The van der Waals surface area contributed by atoms with Crippen LogP contribution in [0.2, 0.25) is 0 Å². The Kier molecular flexibility index (Phi) is 37.5. The van der Waals surface area contributed by atoms with E-state index in [1.54, 1.807) is 0 Å². The smallest absolute Gasteiger partial charge is 0.306 e. The Bertz CT molecular complexity index is 1050. The van der Waals surface area contributed by atoms with Crippen molar-refractivity contribution in [3.63, 3.8) is 0 Å². The molecule has 0 bridgehead atoms. The highest BCUT2D eigenvalue weighted by Crippen LogP contribution is 2.38. The van der Waals surface area contributed by atoms with E-state index in [9.17, 15) is 19.0 Å². The number of nitrogens with zero attached hydrogens (tertiary/aromatic N) is 1. The van der Waals surface area contributed by atoms with Crippen LogP contribution in [0.5, 0.6) is 0 Å². The number of esters is 2. The Labute approximate surface area is 344 Å². The number of phosphoric ester groups is 1. The molecule has 0 aliphatic rings. The van der Waals surface area contributed by atoms with Crippen LogP contribution in [0.1, 0.15) is 194 Å². The van der Waals surface area contributed by atoms with Crippen molar-refractivity contribution in [1.29, 1.82) is 0 Å². The van der Waals surface area contributed by atoms with Crippen LogP contribution in [0.25, 0.3) is 0 Å². The number of carbonyl (C=O) groups excluding carboxylic acids is 2.